The molecule has 0 N–H and O–H groups in total. The van der Waals surface area contributed by atoms with E-state index in [1.54, 1.807) is 6.20 Å². The van der Waals surface area contributed by atoms with Crippen molar-refractivity contribution in [3.05, 3.63) is 35.9 Å². The summed E-state index contributed by atoms with van der Waals surface area (Å²) in [5.41, 5.74) is 1.90. The van der Waals surface area contributed by atoms with Gasteiger partial charge in [0, 0.05) is 51.2 Å². The standard InChI is InChI=1S/C19H30N6O/c1-5-8-25-14-17(11-21-25)19(26)23(3)12-15-7-6-9-22(2)18(15)16-10-20-24(4)13-16/h10-11,13-15,18H,5-9,12H2,1-4H3/t15-,18+/m0/s1. The minimum atomic E-state index is 0.0468. The van der Waals surface area contributed by atoms with Crippen LogP contribution < -0.4 is 0 Å². The fourth-order valence-electron chi connectivity index (χ4n) is 4.05. The molecule has 3 rings (SSSR count). The predicted molar refractivity (Wildman–Crippen MR) is 101 cm³/mol. The molecule has 142 valence electrons. The smallest absolute Gasteiger partial charge is 0.256 e. The van der Waals surface area contributed by atoms with Crippen LogP contribution in [0.3, 0.4) is 0 Å². The Balaban J connectivity index is 1.71. The van der Waals surface area contributed by atoms with Gasteiger partial charge >= 0.3 is 0 Å². The molecule has 2 aromatic heterocycles. The first-order valence-corrected chi connectivity index (χ1v) is 9.46. The number of amides is 1. The van der Waals surface area contributed by atoms with Crippen molar-refractivity contribution in [2.24, 2.45) is 13.0 Å². The van der Waals surface area contributed by atoms with Crippen LogP contribution in [0.2, 0.25) is 0 Å². The molecule has 7 heteroatoms. The highest BCUT2D eigenvalue weighted by Crippen LogP contribution is 2.35. The number of rotatable bonds is 6. The summed E-state index contributed by atoms with van der Waals surface area (Å²) in [5.74, 6) is 0.447. The summed E-state index contributed by atoms with van der Waals surface area (Å²) in [4.78, 5) is 17.0. The predicted octanol–water partition coefficient (Wildman–Crippen LogP) is 2.18. The lowest BCUT2D eigenvalue weighted by Crippen LogP contribution is -2.42. The first kappa shape index (κ1) is 18.6. The van der Waals surface area contributed by atoms with Crippen molar-refractivity contribution >= 4 is 5.91 Å². The summed E-state index contributed by atoms with van der Waals surface area (Å²) < 4.78 is 3.69. The van der Waals surface area contributed by atoms with Crippen molar-refractivity contribution in [2.75, 3.05) is 27.2 Å². The van der Waals surface area contributed by atoms with Gasteiger partial charge in [-0.3, -0.25) is 19.1 Å². The molecule has 1 fully saturated rings. The number of hydrogen-bond acceptors (Lipinski definition) is 4. The van der Waals surface area contributed by atoms with Crippen LogP contribution in [0.1, 0.15) is 48.1 Å². The van der Waals surface area contributed by atoms with Crippen molar-refractivity contribution in [2.45, 2.75) is 38.8 Å². The van der Waals surface area contributed by atoms with Crippen LogP contribution in [0.15, 0.2) is 24.8 Å². The van der Waals surface area contributed by atoms with Crippen LogP contribution in [0.4, 0.5) is 0 Å². The van der Waals surface area contributed by atoms with Gasteiger partial charge in [0.2, 0.25) is 0 Å². The third-order valence-corrected chi connectivity index (χ3v) is 5.26. The van der Waals surface area contributed by atoms with Gasteiger partial charge in [0.25, 0.3) is 5.91 Å². The molecule has 26 heavy (non-hydrogen) atoms. The molecular formula is C19H30N6O. The van der Waals surface area contributed by atoms with E-state index in [1.165, 1.54) is 5.56 Å². The zero-order chi connectivity index (χ0) is 18.7. The van der Waals surface area contributed by atoms with Gasteiger partial charge in [-0.1, -0.05) is 6.92 Å². The Hall–Kier alpha value is -2.15. The molecule has 1 saturated heterocycles. The fraction of sp³-hybridized carbons (Fsp3) is 0.632. The highest BCUT2D eigenvalue weighted by atomic mass is 16.2. The number of piperidine rings is 1. The van der Waals surface area contributed by atoms with Crippen molar-refractivity contribution in [3.63, 3.8) is 0 Å². The van der Waals surface area contributed by atoms with Gasteiger partial charge in [0.05, 0.1) is 18.0 Å². The average molecular weight is 358 g/mol. The van der Waals surface area contributed by atoms with Gasteiger partial charge < -0.3 is 4.90 Å². The minimum Gasteiger partial charge on any atom is -0.341 e. The molecule has 2 atom stereocenters. The van der Waals surface area contributed by atoms with Crippen molar-refractivity contribution < 1.29 is 4.79 Å². The van der Waals surface area contributed by atoms with Crippen molar-refractivity contribution in [1.29, 1.82) is 0 Å². The molecule has 0 radical (unpaired) electrons. The van der Waals surface area contributed by atoms with E-state index in [9.17, 15) is 4.79 Å². The monoisotopic (exact) mass is 358 g/mol. The van der Waals surface area contributed by atoms with Gasteiger partial charge in [0.15, 0.2) is 0 Å². The van der Waals surface area contributed by atoms with E-state index in [2.05, 4.69) is 35.3 Å². The number of carbonyl (C=O) groups excluding carboxylic acids is 1. The van der Waals surface area contributed by atoms with Crippen LogP contribution in [0, 0.1) is 5.92 Å². The molecule has 0 bridgehead atoms. The largest absolute Gasteiger partial charge is 0.341 e. The highest BCUT2D eigenvalue weighted by Gasteiger charge is 2.33. The maximum atomic E-state index is 12.8. The lowest BCUT2D eigenvalue weighted by Gasteiger charge is -2.40. The molecule has 2 aromatic rings. The van der Waals surface area contributed by atoms with Gasteiger partial charge in [-0.2, -0.15) is 10.2 Å². The van der Waals surface area contributed by atoms with E-state index >= 15 is 0 Å². The number of likely N-dealkylation sites (tertiary alicyclic amines) is 1. The topological polar surface area (TPSA) is 59.2 Å². The molecule has 0 spiro atoms. The normalized spacial score (nSPS) is 21.1. The summed E-state index contributed by atoms with van der Waals surface area (Å²) in [5, 5.41) is 8.62. The average Bonchev–Trinajstić information content (AvgIpc) is 3.24. The van der Waals surface area contributed by atoms with E-state index in [1.807, 2.05) is 40.8 Å². The number of aromatic nitrogens is 4. The fourth-order valence-corrected chi connectivity index (χ4v) is 4.05. The molecule has 0 unspecified atom stereocenters. The third kappa shape index (κ3) is 3.98. The zero-order valence-corrected chi connectivity index (χ0v) is 16.3. The number of carbonyl (C=O) groups is 1. The molecule has 0 aromatic carbocycles. The van der Waals surface area contributed by atoms with Crippen molar-refractivity contribution in [3.8, 4) is 0 Å². The summed E-state index contributed by atoms with van der Waals surface area (Å²) in [6.07, 6.45) is 10.9. The summed E-state index contributed by atoms with van der Waals surface area (Å²) >= 11 is 0. The molecule has 1 aliphatic heterocycles. The highest BCUT2D eigenvalue weighted by molar-refractivity contribution is 5.93. The third-order valence-electron chi connectivity index (χ3n) is 5.26. The Kier molecular flexibility index (Phi) is 5.76. The number of hydrogen-bond donors (Lipinski definition) is 0. The maximum absolute atomic E-state index is 12.8. The summed E-state index contributed by atoms with van der Waals surface area (Å²) in [7, 11) is 6.01. The van der Waals surface area contributed by atoms with Crippen LogP contribution in [-0.4, -0.2) is 62.5 Å². The minimum absolute atomic E-state index is 0.0468. The van der Waals surface area contributed by atoms with Gasteiger partial charge in [-0.05, 0) is 38.8 Å². The number of nitrogens with zero attached hydrogens (tertiary/aromatic N) is 6. The van der Waals surface area contributed by atoms with Crippen LogP contribution in [0.25, 0.3) is 0 Å². The molecule has 1 amide bonds. The SMILES string of the molecule is CCCn1cc(C(=O)N(C)C[C@@H]2CCCN(C)[C@H]2c2cnn(C)c2)cn1. The van der Waals surface area contributed by atoms with E-state index in [0.29, 0.717) is 17.5 Å². The van der Waals surface area contributed by atoms with Crippen LogP contribution in [-0.2, 0) is 13.6 Å². The quantitative estimate of drug-likeness (QED) is 0.794. The first-order valence-electron chi connectivity index (χ1n) is 9.46. The lowest BCUT2D eigenvalue weighted by atomic mass is 9.85. The zero-order valence-electron chi connectivity index (χ0n) is 16.3. The Morgan fingerprint density at radius 1 is 1.27 bits per heavy atom. The Bertz CT molecular complexity index is 736. The molecular weight excluding hydrogens is 328 g/mol. The number of aryl methyl sites for hydroxylation is 2. The Morgan fingerprint density at radius 3 is 2.77 bits per heavy atom. The van der Waals surface area contributed by atoms with E-state index in [0.717, 1.165) is 38.9 Å². The molecule has 1 aliphatic rings. The molecule has 7 nitrogen and oxygen atoms in total. The Morgan fingerprint density at radius 2 is 2.08 bits per heavy atom. The van der Waals surface area contributed by atoms with E-state index in [-0.39, 0.29) is 5.91 Å². The second kappa shape index (κ2) is 8.03. The van der Waals surface area contributed by atoms with E-state index in [4.69, 9.17) is 0 Å². The van der Waals surface area contributed by atoms with Gasteiger partial charge in [0.1, 0.15) is 0 Å². The summed E-state index contributed by atoms with van der Waals surface area (Å²) in [6, 6.07) is 0.301. The molecule has 0 saturated carbocycles. The second-order valence-corrected chi connectivity index (χ2v) is 7.45. The second-order valence-electron chi connectivity index (χ2n) is 7.45. The first-order chi connectivity index (χ1) is 12.5. The molecule has 0 aliphatic carbocycles. The van der Waals surface area contributed by atoms with Gasteiger partial charge in [-0.25, -0.2) is 0 Å². The molecule has 3 heterocycles. The van der Waals surface area contributed by atoms with E-state index < -0.39 is 0 Å². The lowest BCUT2D eigenvalue weighted by molar-refractivity contribution is 0.0645. The van der Waals surface area contributed by atoms with Gasteiger partial charge in [-0.15, -0.1) is 0 Å². The van der Waals surface area contributed by atoms with Crippen LogP contribution >= 0.6 is 0 Å². The maximum Gasteiger partial charge on any atom is 0.256 e. The van der Waals surface area contributed by atoms with Crippen LogP contribution in [0.5, 0.6) is 0 Å². The summed E-state index contributed by atoms with van der Waals surface area (Å²) in [6.45, 7) is 4.76. The van der Waals surface area contributed by atoms with Crippen molar-refractivity contribution in [1.82, 2.24) is 29.4 Å². The Labute approximate surface area is 155 Å².